The van der Waals surface area contributed by atoms with E-state index >= 15 is 0 Å². The SMILES string of the molecule is CCOC(=O)c1cc(Cl)c(OCC(=O)NC(C)C)c(Cl)c1. The summed E-state index contributed by atoms with van der Waals surface area (Å²) in [6.45, 7) is 5.42. The van der Waals surface area contributed by atoms with Crippen LogP contribution in [0, 0.1) is 0 Å². The summed E-state index contributed by atoms with van der Waals surface area (Å²) in [5.41, 5.74) is 0.228. The van der Waals surface area contributed by atoms with Crippen molar-refractivity contribution in [3.05, 3.63) is 27.7 Å². The Morgan fingerprint density at radius 2 is 1.81 bits per heavy atom. The number of esters is 1. The molecule has 0 aromatic heterocycles. The van der Waals surface area contributed by atoms with Crippen LogP contribution in [-0.2, 0) is 9.53 Å². The molecule has 0 aliphatic heterocycles. The van der Waals surface area contributed by atoms with E-state index in [4.69, 9.17) is 32.7 Å². The Kier molecular flexibility index (Phi) is 6.78. The van der Waals surface area contributed by atoms with E-state index in [2.05, 4.69) is 5.32 Å². The van der Waals surface area contributed by atoms with Crippen molar-refractivity contribution in [2.45, 2.75) is 26.8 Å². The van der Waals surface area contributed by atoms with Crippen LogP contribution in [0.25, 0.3) is 0 Å². The van der Waals surface area contributed by atoms with Crippen LogP contribution in [0.5, 0.6) is 5.75 Å². The van der Waals surface area contributed by atoms with Gasteiger partial charge in [0.05, 0.1) is 22.2 Å². The van der Waals surface area contributed by atoms with Crippen LogP contribution in [0.3, 0.4) is 0 Å². The first-order valence-corrected chi connectivity index (χ1v) is 7.19. The van der Waals surface area contributed by atoms with E-state index in [0.29, 0.717) is 0 Å². The predicted octanol–water partition coefficient (Wildman–Crippen LogP) is 3.07. The third-order valence-corrected chi connectivity index (χ3v) is 2.87. The van der Waals surface area contributed by atoms with Crippen molar-refractivity contribution in [1.29, 1.82) is 0 Å². The average molecular weight is 334 g/mol. The first-order valence-electron chi connectivity index (χ1n) is 6.43. The van der Waals surface area contributed by atoms with Crippen molar-refractivity contribution in [3.63, 3.8) is 0 Å². The van der Waals surface area contributed by atoms with Crippen LogP contribution in [0.4, 0.5) is 0 Å². The molecule has 0 aliphatic carbocycles. The highest BCUT2D eigenvalue weighted by Crippen LogP contribution is 2.34. The Balaban J connectivity index is 2.81. The molecule has 0 radical (unpaired) electrons. The van der Waals surface area contributed by atoms with Crippen molar-refractivity contribution in [1.82, 2.24) is 5.32 Å². The van der Waals surface area contributed by atoms with Gasteiger partial charge in [-0.3, -0.25) is 4.79 Å². The molecule has 1 aromatic carbocycles. The second-order valence-corrected chi connectivity index (χ2v) is 5.31. The molecule has 1 N–H and O–H groups in total. The zero-order valence-electron chi connectivity index (χ0n) is 12.0. The van der Waals surface area contributed by atoms with Crippen LogP contribution in [-0.4, -0.2) is 31.1 Å². The minimum Gasteiger partial charge on any atom is -0.481 e. The van der Waals surface area contributed by atoms with Crippen LogP contribution in [0.15, 0.2) is 12.1 Å². The van der Waals surface area contributed by atoms with Crippen LogP contribution in [0.2, 0.25) is 10.0 Å². The highest BCUT2D eigenvalue weighted by Gasteiger charge is 2.16. The average Bonchev–Trinajstić information content (AvgIpc) is 2.36. The van der Waals surface area contributed by atoms with Crippen molar-refractivity contribution >= 4 is 35.1 Å². The van der Waals surface area contributed by atoms with Gasteiger partial charge in [-0.25, -0.2) is 4.79 Å². The van der Waals surface area contributed by atoms with E-state index < -0.39 is 5.97 Å². The summed E-state index contributed by atoms with van der Waals surface area (Å²) in [6, 6.07) is 2.79. The quantitative estimate of drug-likeness (QED) is 0.812. The lowest BCUT2D eigenvalue weighted by molar-refractivity contribution is -0.123. The highest BCUT2D eigenvalue weighted by atomic mass is 35.5. The minimum atomic E-state index is -0.523. The third-order valence-electron chi connectivity index (χ3n) is 2.31. The molecule has 116 valence electrons. The summed E-state index contributed by atoms with van der Waals surface area (Å²) in [4.78, 5) is 23.1. The van der Waals surface area contributed by atoms with Gasteiger partial charge in [-0.1, -0.05) is 23.2 Å². The van der Waals surface area contributed by atoms with Gasteiger partial charge in [-0.05, 0) is 32.9 Å². The number of hydrogen-bond donors (Lipinski definition) is 1. The standard InChI is InChI=1S/C14H17Cl2NO4/c1-4-20-14(19)9-5-10(15)13(11(16)6-9)21-7-12(18)17-8(2)3/h5-6,8H,4,7H2,1-3H3,(H,17,18). The van der Waals surface area contributed by atoms with Crippen molar-refractivity contribution in [2.24, 2.45) is 0 Å². The summed E-state index contributed by atoms with van der Waals surface area (Å²) in [7, 11) is 0. The summed E-state index contributed by atoms with van der Waals surface area (Å²) < 4.78 is 10.2. The summed E-state index contributed by atoms with van der Waals surface area (Å²) in [5, 5.41) is 2.96. The number of ether oxygens (including phenoxy) is 2. The van der Waals surface area contributed by atoms with Gasteiger partial charge in [0.25, 0.3) is 5.91 Å². The Morgan fingerprint density at radius 3 is 2.29 bits per heavy atom. The Labute approximate surface area is 133 Å². The second-order valence-electron chi connectivity index (χ2n) is 4.50. The van der Waals surface area contributed by atoms with E-state index in [1.807, 2.05) is 13.8 Å². The highest BCUT2D eigenvalue weighted by molar-refractivity contribution is 6.37. The van der Waals surface area contributed by atoms with Crippen molar-refractivity contribution in [2.75, 3.05) is 13.2 Å². The lowest BCUT2D eigenvalue weighted by atomic mass is 10.2. The largest absolute Gasteiger partial charge is 0.481 e. The molecule has 0 bridgehead atoms. The molecule has 0 fully saturated rings. The fourth-order valence-corrected chi connectivity index (χ4v) is 2.13. The number of halogens is 2. The van der Waals surface area contributed by atoms with E-state index in [9.17, 15) is 9.59 Å². The molecule has 1 aromatic rings. The molecule has 0 saturated heterocycles. The molecule has 0 heterocycles. The van der Waals surface area contributed by atoms with Gasteiger partial charge < -0.3 is 14.8 Å². The van der Waals surface area contributed by atoms with Crippen LogP contribution in [0.1, 0.15) is 31.1 Å². The monoisotopic (exact) mass is 333 g/mol. The molecule has 0 aliphatic rings. The maximum absolute atomic E-state index is 11.6. The van der Waals surface area contributed by atoms with Gasteiger partial charge in [0.2, 0.25) is 0 Å². The molecule has 0 saturated carbocycles. The number of benzene rings is 1. The summed E-state index contributed by atoms with van der Waals surface area (Å²) in [6.07, 6.45) is 0. The molecule has 1 rings (SSSR count). The van der Waals surface area contributed by atoms with E-state index in [-0.39, 0.29) is 46.5 Å². The van der Waals surface area contributed by atoms with E-state index in [1.165, 1.54) is 12.1 Å². The molecule has 0 atom stereocenters. The molecule has 1 amide bonds. The van der Waals surface area contributed by atoms with Gasteiger partial charge >= 0.3 is 5.97 Å². The zero-order chi connectivity index (χ0) is 16.0. The molecule has 0 spiro atoms. The fourth-order valence-electron chi connectivity index (χ4n) is 1.53. The van der Waals surface area contributed by atoms with Crippen molar-refractivity contribution < 1.29 is 19.1 Å². The summed E-state index contributed by atoms with van der Waals surface area (Å²) >= 11 is 12.0. The number of amides is 1. The predicted molar refractivity (Wildman–Crippen MR) is 81.2 cm³/mol. The Bertz CT molecular complexity index is 509. The topological polar surface area (TPSA) is 64.6 Å². The van der Waals surface area contributed by atoms with Crippen LogP contribution < -0.4 is 10.1 Å². The fraction of sp³-hybridized carbons (Fsp3) is 0.429. The third kappa shape index (κ3) is 5.44. The van der Waals surface area contributed by atoms with Gasteiger partial charge in [-0.15, -0.1) is 0 Å². The lowest BCUT2D eigenvalue weighted by Gasteiger charge is -2.12. The number of carbonyl (C=O) groups excluding carboxylic acids is 2. The Morgan fingerprint density at radius 1 is 1.24 bits per heavy atom. The molecule has 21 heavy (non-hydrogen) atoms. The molecular weight excluding hydrogens is 317 g/mol. The van der Waals surface area contributed by atoms with Gasteiger partial charge in [0.1, 0.15) is 0 Å². The molecule has 7 heteroatoms. The smallest absolute Gasteiger partial charge is 0.338 e. The normalized spacial score (nSPS) is 10.4. The number of hydrogen-bond acceptors (Lipinski definition) is 4. The number of carbonyl (C=O) groups is 2. The molecule has 0 unspecified atom stereocenters. The Hall–Kier alpha value is -1.46. The molecule has 5 nitrogen and oxygen atoms in total. The zero-order valence-corrected chi connectivity index (χ0v) is 13.5. The van der Waals surface area contributed by atoms with Gasteiger partial charge in [0.15, 0.2) is 12.4 Å². The van der Waals surface area contributed by atoms with Gasteiger partial charge in [0, 0.05) is 6.04 Å². The van der Waals surface area contributed by atoms with Crippen molar-refractivity contribution in [3.8, 4) is 5.75 Å². The lowest BCUT2D eigenvalue weighted by Crippen LogP contribution is -2.34. The number of rotatable bonds is 6. The minimum absolute atomic E-state index is 0.0123. The molecular formula is C14H17Cl2NO4. The number of nitrogens with one attached hydrogen (secondary N) is 1. The van der Waals surface area contributed by atoms with Gasteiger partial charge in [-0.2, -0.15) is 0 Å². The first kappa shape index (κ1) is 17.6. The van der Waals surface area contributed by atoms with Crippen LogP contribution >= 0.6 is 23.2 Å². The van der Waals surface area contributed by atoms with E-state index in [0.717, 1.165) is 0 Å². The second kappa shape index (κ2) is 8.10. The maximum atomic E-state index is 11.6. The summed E-state index contributed by atoms with van der Waals surface area (Å²) in [5.74, 6) is -0.651. The van der Waals surface area contributed by atoms with E-state index in [1.54, 1.807) is 6.92 Å². The first-order chi connectivity index (χ1) is 9.85. The maximum Gasteiger partial charge on any atom is 0.338 e.